The standard InChI is InChI=1S/C32H32FN7OS2/c1-21-24-11-7-17-40(30(24)38-37-29(21)36-31-35-26-12-4-5-13-28(26)43-31)32-34-20-23(42-32)10-8-18-41-27-15-14-22(19-25(27)33)9-6-16-39(2)3/h4-5,12-15,19-20H,7-8,10-11,16-18H2,1-3H3,(H,35,36,37). The van der Waals surface area contributed by atoms with E-state index in [1.807, 2.05) is 43.4 Å². The second kappa shape index (κ2) is 13.0. The Morgan fingerprint density at radius 2 is 2.02 bits per heavy atom. The van der Waals surface area contributed by atoms with E-state index in [4.69, 9.17) is 9.72 Å². The highest BCUT2D eigenvalue weighted by atomic mass is 32.1. The predicted molar refractivity (Wildman–Crippen MR) is 173 cm³/mol. The van der Waals surface area contributed by atoms with Gasteiger partial charge < -0.3 is 15.0 Å². The zero-order chi connectivity index (χ0) is 29.8. The third-order valence-electron chi connectivity index (χ3n) is 7.06. The molecule has 0 aliphatic carbocycles. The number of anilines is 4. The predicted octanol–water partition coefficient (Wildman–Crippen LogP) is 6.74. The van der Waals surface area contributed by atoms with Crippen LogP contribution in [-0.4, -0.2) is 58.9 Å². The number of halogens is 1. The molecule has 0 bridgehead atoms. The fraction of sp³-hybridized carbons (Fsp3) is 0.312. The number of benzene rings is 2. The van der Waals surface area contributed by atoms with Gasteiger partial charge in [-0.1, -0.05) is 35.3 Å². The van der Waals surface area contributed by atoms with Crippen molar-refractivity contribution in [2.45, 2.75) is 32.6 Å². The fourth-order valence-electron chi connectivity index (χ4n) is 4.87. The number of nitrogens with one attached hydrogen (secondary N) is 1. The van der Waals surface area contributed by atoms with E-state index in [0.29, 0.717) is 18.7 Å². The van der Waals surface area contributed by atoms with Crippen LogP contribution in [0.3, 0.4) is 0 Å². The maximum Gasteiger partial charge on any atom is 0.191 e. The smallest absolute Gasteiger partial charge is 0.191 e. The van der Waals surface area contributed by atoms with E-state index < -0.39 is 5.82 Å². The number of ether oxygens (including phenoxy) is 1. The monoisotopic (exact) mass is 613 g/mol. The first-order chi connectivity index (χ1) is 20.9. The Kier molecular flexibility index (Phi) is 8.79. The Hall–Kier alpha value is -4.11. The summed E-state index contributed by atoms with van der Waals surface area (Å²) < 4.78 is 21.3. The maximum atomic E-state index is 14.5. The SMILES string of the molecule is Cc1c(Nc2nc3ccccc3s2)nnc2c1CCCN2c1ncc(CCCOc2ccc(C#CCN(C)C)cc2F)s1. The van der Waals surface area contributed by atoms with E-state index in [1.165, 1.54) is 11.6 Å². The Labute approximate surface area is 258 Å². The van der Waals surface area contributed by atoms with Gasteiger partial charge >= 0.3 is 0 Å². The number of hydrogen-bond acceptors (Lipinski definition) is 10. The zero-order valence-electron chi connectivity index (χ0n) is 24.4. The van der Waals surface area contributed by atoms with Gasteiger partial charge in [-0.25, -0.2) is 14.4 Å². The van der Waals surface area contributed by atoms with Gasteiger partial charge in [0.25, 0.3) is 0 Å². The van der Waals surface area contributed by atoms with Gasteiger partial charge in [0.05, 0.1) is 23.4 Å². The van der Waals surface area contributed by atoms with Crippen LogP contribution in [0.15, 0.2) is 48.7 Å². The summed E-state index contributed by atoms with van der Waals surface area (Å²) in [5.41, 5.74) is 3.89. The molecule has 5 aromatic rings. The molecule has 0 amide bonds. The normalized spacial score (nSPS) is 12.7. The van der Waals surface area contributed by atoms with E-state index in [-0.39, 0.29) is 5.75 Å². The summed E-state index contributed by atoms with van der Waals surface area (Å²) in [5, 5.41) is 14.3. The Morgan fingerprint density at radius 3 is 2.86 bits per heavy atom. The van der Waals surface area contributed by atoms with Crippen LogP contribution in [0, 0.1) is 24.6 Å². The number of nitrogens with zero attached hydrogens (tertiary/aromatic N) is 6. The molecule has 0 spiro atoms. The van der Waals surface area contributed by atoms with Crippen LogP contribution in [-0.2, 0) is 12.8 Å². The molecule has 1 aliphatic rings. The lowest BCUT2D eigenvalue weighted by molar-refractivity contribution is 0.296. The van der Waals surface area contributed by atoms with Crippen LogP contribution in [0.4, 0.5) is 26.3 Å². The lowest BCUT2D eigenvalue weighted by Crippen LogP contribution is -2.27. The molecular weight excluding hydrogens is 582 g/mol. The third-order valence-corrected chi connectivity index (χ3v) is 9.10. The summed E-state index contributed by atoms with van der Waals surface area (Å²) >= 11 is 3.26. The molecule has 2 aromatic carbocycles. The summed E-state index contributed by atoms with van der Waals surface area (Å²) in [6.07, 6.45) is 5.41. The summed E-state index contributed by atoms with van der Waals surface area (Å²) in [4.78, 5) is 14.7. The molecule has 8 nitrogen and oxygen atoms in total. The van der Waals surface area contributed by atoms with E-state index in [2.05, 4.69) is 50.2 Å². The Morgan fingerprint density at radius 1 is 1.14 bits per heavy atom. The van der Waals surface area contributed by atoms with E-state index in [1.54, 1.807) is 34.8 Å². The summed E-state index contributed by atoms with van der Waals surface area (Å²) in [6.45, 7) is 3.98. The minimum Gasteiger partial charge on any atom is -0.491 e. The first-order valence-electron chi connectivity index (χ1n) is 14.2. The van der Waals surface area contributed by atoms with Crippen LogP contribution >= 0.6 is 22.7 Å². The molecular formula is C32H32FN7OS2. The maximum absolute atomic E-state index is 14.5. The van der Waals surface area contributed by atoms with Crippen molar-refractivity contribution < 1.29 is 9.13 Å². The molecule has 0 saturated heterocycles. The number of para-hydroxylation sites is 1. The third kappa shape index (κ3) is 6.77. The molecule has 3 aromatic heterocycles. The summed E-state index contributed by atoms with van der Waals surface area (Å²) in [7, 11) is 3.89. The van der Waals surface area contributed by atoms with Gasteiger partial charge in [0.15, 0.2) is 33.5 Å². The molecule has 11 heteroatoms. The van der Waals surface area contributed by atoms with Gasteiger partial charge in [0.2, 0.25) is 0 Å². The molecule has 220 valence electrons. The molecule has 43 heavy (non-hydrogen) atoms. The van der Waals surface area contributed by atoms with Crippen molar-refractivity contribution >= 4 is 54.8 Å². The fourth-order valence-corrected chi connectivity index (χ4v) is 6.72. The highest BCUT2D eigenvalue weighted by molar-refractivity contribution is 7.22. The average molecular weight is 614 g/mol. The lowest BCUT2D eigenvalue weighted by atomic mass is 10.0. The molecule has 1 N–H and O–H groups in total. The highest BCUT2D eigenvalue weighted by Gasteiger charge is 2.26. The minimum atomic E-state index is -0.393. The van der Waals surface area contributed by atoms with Crippen LogP contribution in [0.1, 0.15) is 34.4 Å². The highest BCUT2D eigenvalue weighted by Crippen LogP contribution is 2.38. The number of aryl methyl sites for hydroxylation is 1. The van der Waals surface area contributed by atoms with E-state index in [9.17, 15) is 4.39 Å². The van der Waals surface area contributed by atoms with Crippen LogP contribution in [0.25, 0.3) is 10.2 Å². The van der Waals surface area contributed by atoms with Crippen molar-refractivity contribution in [1.82, 2.24) is 25.1 Å². The molecule has 6 rings (SSSR count). The molecule has 0 radical (unpaired) electrons. The first-order valence-corrected chi connectivity index (χ1v) is 15.8. The van der Waals surface area contributed by atoms with Crippen molar-refractivity contribution in [3.8, 4) is 17.6 Å². The van der Waals surface area contributed by atoms with Gasteiger partial charge in [-0.2, -0.15) is 0 Å². The average Bonchev–Trinajstić information content (AvgIpc) is 3.64. The number of rotatable bonds is 9. The summed E-state index contributed by atoms with van der Waals surface area (Å²) in [5.74, 6) is 7.46. The van der Waals surface area contributed by atoms with Gasteiger partial charge in [-0.3, -0.25) is 4.90 Å². The van der Waals surface area contributed by atoms with E-state index in [0.717, 1.165) is 74.8 Å². The molecule has 0 atom stereocenters. The van der Waals surface area contributed by atoms with Crippen molar-refractivity contribution in [1.29, 1.82) is 0 Å². The molecule has 0 saturated carbocycles. The summed E-state index contributed by atoms with van der Waals surface area (Å²) in [6, 6.07) is 13.0. The van der Waals surface area contributed by atoms with Crippen molar-refractivity contribution in [2.75, 3.05) is 44.0 Å². The second-order valence-electron chi connectivity index (χ2n) is 10.6. The molecule has 0 fully saturated rings. The largest absolute Gasteiger partial charge is 0.491 e. The minimum absolute atomic E-state index is 0.249. The first kappa shape index (κ1) is 29.0. The Bertz CT molecular complexity index is 1770. The quantitative estimate of drug-likeness (QED) is 0.145. The van der Waals surface area contributed by atoms with Gasteiger partial charge in [-0.05, 0) is 77.0 Å². The topological polar surface area (TPSA) is 79.3 Å². The van der Waals surface area contributed by atoms with Crippen LogP contribution in [0.2, 0.25) is 0 Å². The number of aromatic nitrogens is 4. The van der Waals surface area contributed by atoms with Crippen molar-refractivity contribution in [3.05, 3.63) is 76.0 Å². The molecule has 1 aliphatic heterocycles. The van der Waals surface area contributed by atoms with Gasteiger partial charge in [-0.15, -0.1) is 21.5 Å². The lowest BCUT2D eigenvalue weighted by Gasteiger charge is -2.28. The van der Waals surface area contributed by atoms with Gasteiger partial charge in [0.1, 0.15) is 0 Å². The zero-order valence-corrected chi connectivity index (χ0v) is 26.0. The number of fused-ring (bicyclic) bond motifs is 2. The Balaban J connectivity index is 1.06. The van der Waals surface area contributed by atoms with Crippen molar-refractivity contribution in [2.24, 2.45) is 0 Å². The number of hydrogen-bond donors (Lipinski definition) is 1. The van der Waals surface area contributed by atoms with Gasteiger partial charge in [0, 0.05) is 34.3 Å². The van der Waals surface area contributed by atoms with Crippen LogP contribution < -0.4 is 15.0 Å². The van der Waals surface area contributed by atoms with Crippen molar-refractivity contribution in [3.63, 3.8) is 0 Å². The molecule has 4 heterocycles. The van der Waals surface area contributed by atoms with Crippen LogP contribution in [0.5, 0.6) is 5.75 Å². The molecule has 0 unspecified atom stereocenters. The second-order valence-corrected chi connectivity index (χ2v) is 12.7. The number of thiazole rings is 2. The van der Waals surface area contributed by atoms with E-state index >= 15 is 0 Å².